The Bertz CT molecular complexity index is 1000. The molecule has 26 heavy (non-hydrogen) atoms. The van der Waals surface area contributed by atoms with Gasteiger partial charge in [0.15, 0.2) is 5.54 Å². The molecule has 4 rings (SSSR count). The molecular formula is C17H13FN4O4. The third-order valence-electron chi connectivity index (χ3n) is 4.60. The van der Waals surface area contributed by atoms with Crippen LogP contribution in [0.25, 0.3) is 0 Å². The summed E-state index contributed by atoms with van der Waals surface area (Å²) in [6.45, 7) is 0.0228. The summed E-state index contributed by atoms with van der Waals surface area (Å²) in [5, 5.41) is 4.72. The number of hydrogen-bond donors (Lipinski definition) is 3. The Morgan fingerprint density at radius 1 is 1.12 bits per heavy atom. The average Bonchev–Trinajstić information content (AvgIpc) is 3.06. The van der Waals surface area contributed by atoms with Crippen molar-refractivity contribution in [2.24, 2.45) is 0 Å². The van der Waals surface area contributed by atoms with Gasteiger partial charge >= 0.3 is 6.03 Å². The van der Waals surface area contributed by atoms with Crippen LogP contribution >= 0.6 is 0 Å². The minimum Gasteiger partial charge on any atom is -0.331 e. The molecule has 1 saturated heterocycles. The van der Waals surface area contributed by atoms with Gasteiger partial charge in [0.25, 0.3) is 11.8 Å². The Balaban J connectivity index is 1.72. The molecule has 1 aromatic carbocycles. The van der Waals surface area contributed by atoms with E-state index in [-0.39, 0.29) is 18.7 Å². The summed E-state index contributed by atoms with van der Waals surface area (Å²) in [5.74, 6) is -1.53. The zero-order valence-electron chi connectivity index (χ0n) is 13.3. The van der Waals surface area contributed by atoms with E-state index in [9.17, 15) is 23.6 Å². The first kappa shape index (κ1) is 16.0. The van der Waals surface area contributed by atoms with Gasteiger partial charge in [0.1, 0.15) is 5.82 Å². The highest BCUT2D eigenvalue weighted by molar-refractivity contribution is 6.08. The number of nitrogens with one attached hydrogen (secondary N) is 3. The lowest BCUT2D eigenvalue weighted by Crippen LogP contribution is -2.52. The number of carbonyl (C=O) groups is 3. The van der Waals surface area contributed by atoms with Gasteiger partial charge in [-0.15, -0.1) is 0 Å². The fourth-order valence-corrected chi connectivity index (χ4v) is 3.33. The minimum absolute atomic E-state index is 0.155. The lowest BCUT2D eigenvalue weighted by molar-refractivity contribution is -0.124. The Labute approximate surface area is 146 Å². The molecule has 8 nitrogen and oxygen atoms in total. The molecule has 4 amide bonds. The number of halogens is 1. The summed E-state index contributed by atoms with van der Waals surface area (Å²) in [7, 11) is 0. The number of fused-ring (bicyclic) bond motifs is 1. The Morgan fingerprint density at radius 2 is 1.85 bits per heavy atom. The van der Waals surface area contributed by atoms with E-state index in [0.717, 1.165) is 0 Å². The summed E-state index contributed by atoms with van der Waals surface area (Å²) >= 11 is 0. The highest BCUT2D eigenvalue weighted by Crippen LogP contribution is 2.30. The Morgan fingerprint density at radius 3 is 2.50 bits per heavy atom. The molecular weight excluding hydrogens is 343 g/mol. The molecule has 1 atom stereocenters. The maximum atomic E-state index is 13.3. The van der Waals surface area contributed by atoms with Crippen LogP contribution in [0.4, 0.5) is 9.18 Å². The van der Waals surface area contributed by atoms with E-state index in [0.29, 0.717) is 11.1 Å². The standard InChI is InChI=1S/C17H13FN4O4/c18-11-3-1-10(2-4-11)17(15(25)20-16(26)21-17)8-22-7-9-6-19-13(23)5-12(9)14(22)24/h1-6H,7-8H2,(H,19,23)(H2,20,21,25,26). The first-order chi connectivity index (χ1) is 12.4. The predicted octanol–water partition coefficient (Wildman–Crippen LogP) is 0.205. The number of carbonyl (C=O) groups excluding carboxylic acids is 3. The number of rotatable bonds is 3. The second kappa shape index (κ2) is 5.51. The summed E-state index contributed by atoms with van der Waals surface area (Å²) in [4.78, 5) is 52.2. The van der Waals surface area contributed by atoms with Crippen LogP contribution in [0.5, 0.6) is 0 Å². The molecule has 1 aromatic heterocycles. The minimum atomic E-state index is -1.54. The topological polar surface area (TPSA) is 111 Å². The van der Waals surface area contributed by atoms with Crippen LogP contribution in [0.1, 0.15) is 21.5 Å². The molecule has 0 saturated carbocycles. The number of nitrogens with zero attached hydrogens (tertiary/aromatic N) is 1. The molecule has 0 spiro atoms. The number of H-pyrrole nitrogens is 1. The van der Waals surface area contributed by atoms with Crippen LogP contribution in [-0.4, -0.2) is 34.3 Å². The Hall–Kier alpha value is -3.49. The van der Waals surface area contributed by atoms with Crippen LogP contribution in [0.3, 0.4) is 0 Å². The van der Waals surface area contributed by atoms with E-state index >= 15 is 0 Å². The second-order valence-corrected chi connectivity index (χ2v) is 6.22. The van der Waals surface area contributed by atoms with Crippen molar-refractivity contribution in [2.75, 3.05) is 6.54 Å². The predicted molar refractivity (Wildman–Crippen MR) is 86.6 cm³/mol. The zero-order chi connectivity index (χ0) is 18.5. The van der Waals surface area contributed by atoms with Crippen molar-refractivity contribution in [2.45, 2.75) is 12.1 Å². The number of benzene rings is 1. The summed E-state index contributed by atoms with van der Waals surface area (Å²) < 4.78 is 13.3. The van der Waals surface area contributed by atoms with Crippen molar-refractivity contribution in [1.82, 2.24) is 20.5 Å². The fourth-order valence-electron chi connectivity index (χ4n) is 3.33. The van der Waals surface area contributed by atoms with Crippen molar-refractivity contribution in [1.29, 1.82) is 0 Å². The van der Waals surface area contributed by atoms with E-state index < -0.39 is 34.8 Å². The SMILES string of the molecule is O=C1NC(=O)C(CN2Cc3c[nH]c(=O)cc3C2=O)(c2ccc(F)cc2)N1. The van der Waals surface area contributed by atoms with Crippen molar-refractivity contribution >= 4 is 17.8 Å². The second-order valence-electron chi connectivity index (χ2n) is 6.22. The van der Waals surface area contributed by atoms with Crippen molar-refractivity contribution in [3.8, 4) is 0 Å². The third kappa shape index (κ3) is 2.36. The van der Waals surface area contributed by atoms with Crippen LogP contribution in [-0.2, 0) is 16.9 Å². The molecule has 9 heteroatoms. The van der Waals surface area contributed by atoms with Gasteiger partial charge in [-0.3, -0.25) is 19.7 Å². The van der Waals surface area contributed by atoms with Gasteiger partial charge in [0.05, 0.1) is 12.1 Å². The molecule has 2 aliphatic heterocycles. The number of imide groups is 1. The molecule has 3 N–H and O–H groups in total. The maximum absolute atomic E-state index is 13.3. The van der Waals surface area contributed by atoms with E-state index in [1.807, 2.05) is 0 Å². The number of aromatic amines is 1. The molecule has 3 heterocycles. The van der Waals surface area contributed by atoms with Gasteiger partial charge < -0.3 is 15.2 Å². The molecule has 1 unspecified atom stereocenters. The summed E-state index contributed by atoms with van der Waals surface area (Å²) in [6.07, 6.45) is 1.45. The highest BCUT2D eigenvalue weighted by Gasteiger charge is 2.50. The van der Waals surface area contributed by atoms with Gasteiger partial charge in [-0.1, -0.05) is 12.1 Å². The molecule has 0 radical (unpaired) electrons. The van der Waals surface area contributed by atoms with Crippen molar-refractivity contribution < 1.29 is 18.8 Å². The molecule has 2 aromatic rings. The van der Waals surface area contributed by atoms with Gasteiger partial charge in [0.2, 0.25) is 5.56 Å². The maximum Gasteiger partial charge on any atom is 0.322 e. The number of amides is 4. The fraction of sp³-hybridized carbons (Fsp3) is 0.176. The monoisotopic (exact) mass is 356 g/mol. The van der Waals surface area contributed by atoms with Crippen LogP contribution < -0.4 is 16.2 Å². The van der Waals surface area contributed by atoms with Gasteiger partial charge in [-0.25, -0.2) is 9.18 Å². The molecule has 0 bridgehead atoms. The largest absolute Gasteiger partial charge is 0.331 e. The normalized spacial score (nSPS) is 21.6. The number of urea groups is 1. The van der Waals surface area contributed by atoms with E-state index in [1.54, 1.807) is 0 Å². The highest BCUT2D eigenvalue weighted by atomic mass is 19.1. The van der Waals surface area contributed by atoms with Gasteiger partial charge in [-0.05, 0) is 17.7 Å². The third-order valence-corrected chi connectivity index (χ3v) is 4.60. The quantitative estimate of drug-likeness (QED) is 0.683. The first-order valence-corrected chi connectivity index (χ1v) is 7.79. The summed E-state index contributed by atoms with van der Waals surface area (Å²) in [6, 6.07) is 5.63. The lowest BCUT2D eigenvalue weighted by atomic mass is 9.89. The van der Waals surface area contributed by atoms with Crippen LogP contribution in [0.15, 0.2) is 41.3 Å². The van der Waals surface area contributed by atoms with E-state index in [1.165, 1.54) is 41.4 Å². The van der Waals surface area contributed by atoms with E-state index in [4.69, 9.17) is 0 Å². The molecule has 0 aliphatic carbocycles. The van der Waals surface area contributed by atoms with Crippen LogP contribution in [0.2, 0.25) is 0 Å². The smallest absolute Gasteiger partial charge is 0.322 e. The van der Waals surface area contributed by atoms with Gasteiger partial charge in [-0.2, -0.15) is 0 Å². The molecule has 1 fully saturated rings. The lowest BCUT2D eigenvalue weighted by Gasteiger charge is -2.31. The number of hydrogen-bond acceptors (Lipinski definition) is 4. The molecule has 132 valence electrons. The Kier molecular flexibility index (Phi) is 3.39. The first-order valence-electron chi connectivity index (χ1n) is 7.79. The zero-order valence-corrected chi connectivity index (χ0v) is 13.3. The van der Waals surface area contributed by atoms with E-state index in [2.05, 4.69) is 15.6 Å². The molecule has 2 aliphatic rings. The van der Waals surface area contributed by atoms with Crippen LogP contribution in [0, 0.1) is 5.82 Å². The number of aromatic nitrogens is 1. The summed E-state index contributed by atoms with van der Waals surface area (Å²) in [5.41, 5.74) is -0.713. The van der Waals surface area contributed by atoms with Crippen molar-refractivity contribution in [3.63, 3.8) is 0 Å². The number of pyridine rings is 1. The average molecular weight is 356 g/mol. The van der Waals surface area contributed by atoms with Gasteiger partial charge in [0, 0.05) is 24.4 Å². The van der Waals surface area contributed by atoms with Crippen molar-refractivity contribution in [3.05, 3.63) is 69.4 Å².